The SMILES string of the molecule is Cc1cc(-c2nc(C#N)nc3c2ccn3C)cnc1OCC1CCN(C(=O)C2CCNCC2)CC1. The highest BCUT2D eigenvalue weighted by molar-refractivity contribution is 5.91. The molecule has 0 aromatic carbocycles. The number of amides is 1. The number of rotatable bonds is 5. The first kappa shape index (κ1) is 23.2. The molecule has 0 aliphatic carbocycles. The summed E-state index contributed by atoms with van der Waals surface area (Å²) >= 11 is 0. The Morgan fingerprint density at radius 3 is 2.71 bits per heavy atom. The van der Waals surface area contributed by atoms with Crippen LogP contribution in [0.4, 0.5) is 0 Å². The number of pyridine rings is 1. The van der Waals surface area contributed by atoms with Gasteiger partial charge >= 0.3 is 0 Å². The van der Waals surface area contributed by atoms with Crippen LogP contribution in [0.15, 0.2) is 24.5 Å². The van der Waals surface area contributed by atoms with E-state index in [9.17, 15) is 10.1 Å². The predicted octanol–water partition coefficient (Wildman–Crippen LogP) is 2.83. The van der Waals surface area contributed by atoms with Gasteiger partial charge in [0.05, 0.1) is 12.3 Å². The smallest absolute Gasteiger partial charge is 0.234 e. The summed E-state index contributed by atoms with van der Waals surface area (Å²) in [6, 6.07) is 6.00. The van der Waals surface area contributed by atoms with E-state index in [2.05, 4.69) is 20.3 Å². The Morgan fingerprint density at radius 2 is 2.00 bits per heavy atom. The van der Waals surface area contributed by atoms with Crippen LogP contribution >= 0.6 is 0 Å². The van der Waals surface area contributed by atoms with Crippen molar-refractivity contribution in [2.75, 3.05) is 32.8 Å². The quantitative estimate of drug-likeness (QED) is 0.607. The third-order valence-corrected chi connectivity index (χ3v) is 7.20. The van der Waals surface area contributed by atoms with E-state index >= 15 is 0 Å². The maximum atomic E-state index is 12.8. The fourth-order valence-corrected chi connectivity index (χ4v) is 5.09. The Morgan fingerprint density at radius 1 is 1.23 bits per heavy atom. The first-order chi connectivity index (χ1) is 17.0. The Hall–Kier alpha value is -3.51. The summed E-state index contributed by atoms with van der Waals surface area (Å²) in [5.74, 6) is 1.68. The van der Waals surface area contributed by atoms with E-state index < -0.39 is 0 Å². The summed E-state index contributed by atoms with van der Waals surface area (Å²) < 4.78 is 7.98. The first-order valence-corrected chi connectivity index (χ1v) is 12.4. The fraction of sp³-hybridized carbons (Fsp3) is 0.500. The molecular weight excluding hydrogens is 442 g/mol. The minimum absolute atomic E-state index is 0.136. The van der Waals surface area contributed by atoms with Crippen molar-refractivity contribution >= 4 is 16.9 Å². The van der Waals surface area contributed by atoms with E-state index in [1.165, 1.54) is 0 Å². The minimum atomic E-state index is 0.136. The number of hydrogen-bond donors (Lipinski definition) is 1. The second kappa shape index (κ2) is 10.0. The van der Waals surface area contributed by atoms with Crippen LogP contribution in [0.25, 0.3) is 22.3 Å². The summed E-state index contributed by atoms with van der Waals surface area (Å²) in [5, 5.41) is 13.6. The van der Waals surface area contributed by atoms with Crippen molar-refractivity contribution in [3.63, 3.8) is 0 Å². The van der Waals surface area contributed by atoms with Crippen molar-refractivity contribution in [1.82, 2.24) is 29.7 Å². The molecule has 1 N–H and O–H groups in total. The third kappa shape index (κ3) is 4.84. The highest BCUT2D eigenvalue weighted by Crippen LogP contribution is 2.29. The number of ether oxygens (including phenoxy) is 1. The molecule has 2 fully saturated rings. The first-order valence-electron chi connectivity index (χ1n) is 12.4. The lowest BCUT2D eigenvalue weighted by Gasteiger charge is -2.35. The number of nitrogens with zero attached hydrogens (tertiary/aromatic N) is 6. The summed E-state index contributed by atoms with van der Waals surface area (Å²) in [7, 11) is 1.90. The number of fused-ring (bicyclic) bond motifs is 1. The number of nitrogens with one attached hydrogen (secondary N) is 1. The van der Waals surface area contributed by atoms with Crippen LogP contribution in [-0.2, 0) is 11.8 Å². The van der Waals surface area contributed by atoms with Crippen LogP contribution in [0.2, 0.25) is 0 Å². The summed E-state index contributed by atoms with van der Waals surface area (Å²) in [4.78, 5) is 28.2. The zero-order valence-corrected chi connectivity index (χ0v) is 20.3. The van der Waals surface area contributed by atoms with Gasteiger partial charge in [-0.05, 0) is 63.7 Å². The summed E-state index contributed by atoms with van der Waals surface area (Å²) in [5.41, 5.74) is 3.16. The topological polar surface area (TPSA) is 109 Å². The fourth-order valence-electron chi connectivity index (χ4n) is 5.09. The number of hydrogen-bond acceptors (Lipinski definition) is 7. The van der Waals surface area contributed by atoms with Gasteiger partial charge in [-0.15, -0.1) is 0 Å². The molecule has 0 radical (unpaired) electrons. The Balaban J connectivity index is 1.21. The molecule has 5 rings (SSSR count). The molecule has 5 heterocycles. The number of piperidine rings is 2. The largest absolute Gasteiger partial charge is 0.477 e. The van der Waals surface area contributed by atoms with Crippen LogP contribution in [-0.4, -0.2) is 63.1 Å². The van der Waals surface area contributed by atoms with Gasteiger partial charge in [0.25, 0.3) is 0 Å². The van der Waals surface area contributed by atoms with Gasteiger partial charge in [-0.1, -0.05) is 0 Å². The molecule has 0 saturated carbocycles. The van der Waals surface area contributed by atoms with Crippen molar-refractivity contribution in [2.24, 2.45) is 18.9 Å². The lowest BCUT2D eigenvalue weighted by Crippen LogP contribution is -2.45. The number of likely N-dealkylation sites (tertiary alicyclic amines) is 1. The van der Waals surface area contributed by atoms with E-state index in [4.69, 9.17) is 4.74 Å². The number of aromatic nitrogens is 4. The molecule has 9 nitrogen and oxygen atoms in total. The van der Waals surface area contributed by atoms with Crippen LogP contribution in [0.1, 0.15) is 37.1 Å². The zero-order valence-electron chi connectivity index (χ0n) is 20.3. The van der Waals surface area contributed by atoms with E-state index in [1.54, 1.807) is 6.20 Å². The second-order valence-corrected chi connectivity index (χ2v) is 9.62. The van der Waals surface area contributed by atoms with E-state index in [-0.39, 0.29) is 11.7 Å². The van der Waals surface area contributed by atoms with Crippen LogP contribution in [0.5, 0.6) is 5.88 Å². The normalized spacial score (nSPS) is 17.5. The molecule has 9 heteroatoms. The Kier molecular flexibility index (Phi) is 6.64. The van der Waals surface area contributed by atoms with Gasteiger partial charge in [0, 0.05) is 55.0 Å². The number of carbonyl (C=O) groups excluding carboxylic acids is 1. The lowest BCUT2D eigenvalue weighted by molar-refractivity contribution is -0.137. The Bertz CT molecular complexity index is 1260. The summed E-state index contributed by atoms with van der Waals surface area (Å²) in [6.07, 6.45) is 7.47. The minimum Gasteiger partial charge on any atom is -0.477 e. The number of carbonyl (C=O) groups is 1. The average Bonchev–Trinajstić information content (AvgIpc) is 3.28. The van der Waals surface area contributed by atoms with Crippen LogP contribution < -0.4 is 10.1 Å². The van der Waals surface area contributed by atoms with Crippen LogP contribution in [0.3, 0.4) is 0 Å². The van der Waals surface area contributed by atoms with Crippen molar-refractivity contribution in [3.05, 3.63) is 35.9 Å². The lowest BCUT2D eigenvalue weighted by atomic mass is 9.93. The summed E-state index contributed by atoms with van der Waals surface area (Å²) in [6.45, 7) is 6.07. The predicted molar refractivity (Wildman–Crippen MR) is 132 cm³/mol. The van der Waals surface area contributed by atoms with E-state index in [0.717, 1.165) is 74.0 Å². The molecule has 0 atom stereocenters. The molecule has 0 bridgehead atoms. The molecule has 0 unspecified atom stereocenters. The van der Waals surface area contributed by atoms with Gasteiger partial charge in [0.15, 0.2) is 0 Å². The number of nitriles is 1. The second-order valence-electron chi connectivity index (χ2n) is 9.62. The molecule has 182 valence electrons. The molecule has 2 aliphatic heterocycles. The van der Waals surface area contributed by atoms with Crippen molar-refractivity contribution in [2.45, 2.75) is 32.6 Å². The monoisotopic (exact) mass is 473 g/mol. The molecule has 3 aromatic heterocycles. The molecule has 3 aromatic rings. The van der Waals surface area contributed by atoms with Gasteiger partial charge in [0.1, 0.15) is 11.7 Å². The average molecular weight is 474 g/mol. The zero-order chi connectivity index (χ0) is 24.4. The van der Waals surface area contributed by atoms with Crippen molar-refractivity contribution < 1.29 is 9.53 Å². The highest BCUT2D eigenvalue weighted by Gasteiger charge is 2.29. The van der Waals surface area contributed by atoms with Gasteiger partial charge in [0.2, 0.25) is 17.6 Å². The van der Waals surface area contributed by atoms with Crippen molar-refractivity contribution in [3.8, 4) is 23.2 Å². The van der Waals surface area contributed by atoms with Crippen LogP contribution in [0, 0.1) is 30.1 Å². The van der Waals surface area contributed by atoms with Gasteiger partial charge < -0.3 is 19.5 Å². The van der Waals surface area contributed by atoms with Crippen molar-refractivity contribution in [1.29, 1.82) is 5.26 Å². The molecule has 1 amide bonds. The van der Waals surface area contributed by atoms with Gasteiger partial charge in [-0.3, -0.25) is 4.79 Å². The standard InChI is InChI=1S/C26H31N7O2/c1-17-13-20(23-21-7-10-32(2)24(21)31-22(14-27)30-23)15-29-25(17)35-16-18-5-11-33(12-6-18)26(34)19-3-8-28-9-4-19/h7,10,13,15,18-19,28H,3-6,8-9,11-12,16H2,1-2H3. The van der Waals surface area contributed by atoms with Gasteiger partial charge in [-0.25, -0.2) is 15.0 Å². The molecule has 0 spiro atoms. The van der Waals surface area contributed by atoms with E-state index in [1.807, 2.05) is 47.8 Å². The van der Waals surface area contributed by atoms with Gasteiger partial charge in [-0.2, -0.15) is 5.26 Å². The Labute approximate surface area is 205 Å². The molecule has 35 heavy (non-hydrogen) atoms. The maximum Gasteiger partial charge on any atom is 0.234 e. The van der Waals surface area contributed by atoms with E-state index in [0.29, 0.717) is 30.0 Å². The highest BCUT2D eigenvalue weighted by atomic mass is 16.5. The number of aryl methyl sites for hydroxylation is 2. The molecule has 2 aliphatic rings. The third-order valence-electron chi connectivity index (χ3n) is 7.20. The molecular formula is C26H31N7O2. The molecule has 2 saturated heterocycles. The maximum absolute atomic E-state index is 12.8.